The quantitative estimate of drug-likeness (QED) is 0.797. The number of benzene rings is 2. The number of carbonyl (C=O) groups is 3. The van der Waals surface area contributed by atoms with Gasteiger partial charge in [-0.3, -0.25) is 14.4 Å². The fourth-order valence-corrected chi connectivity index (χ4v) is 3.71. The third-order valence-corrected chi connectivity index (χ3v) is 5.33. The molecule has 1 atom stereocenters. The molecule has 0 spiro atoms. The molecule has 0 aromatic heterocycles. The first-order valence-electron chi connectivity index (χ1n) is 10.4. The van der Waals surface area contributed by atoms with E-state index in [4.69, 9.17) is 9.47 Å². The molecule has 8 nitrogen and oxygen atoms in total. The topological polar surface area (TPSA) is 88.2 Å². The summed E-state index contributed by atoms with van der Waals surface area (Å²) in [7, 11) is 0. The summed E-state index contributed by atoms with van der Waals surface area (Å²) in [5.74, 6) is 0.137. The Labute approximate surface area is 180 Å². The molecule has 0 radical (unpaired) electrons. The third kappa shape index (κ3) is 4.69. The summed E-state index contributed by atoms with van der Waals surface area (Å²) in [5, 5.41) is 2.83. The summed E-state index contributed by atoms with van der Waals surface area (Å²) >= 11 is 0. The smallest absolute Gasteiger partial charge is 0.267 e. The predicted molar refractivity (Wildman–Crippen MR) is 115 cm³/mol. The van der Waals surface area contributed by atoms with Crippen LogP contribution >= 0.6 is 0 Å². The van der Waals surface area contributed by atoms with Crippen molar-refractivity contribution in [3.8, 4) is 5.75 Å². The molecule has 2 aliphatic rings. The van der Waals surface area contributed by atoms with Crippen LogP contribution in [0, 0.1) is 0 Å². The van der Waals surface area contributed by atoms with Crippen LogP contribution in [0.3, 0.4) is 0 Å². The fraction of sp³-hybridized carbons (Fsp3) is 0.348. The number of rotatable bonds is 5. The third-order valence-electron chi connectivity index (χ3n) is 5.33. The Morgan fingerprint density at radius 3 is 2.68 bits per heavy atom. The van der Waals surface area contributed by atoms with Crippen molar-refractivity contribution in [2.75, 3.05) is 43.1 Å². The number of hydrogen-bond donors (Lipinski definition) is 1. The highest BCUT2D eigenvalue weighted by Crippen LogP contribution is 2.33. The first-order chi connectivity index (χ1) is 15.0. The Balaban J connectivity index is 1.38. The Kier molecular flexibility index (Phi) is 6.18. The molecular formula is C23H25N3O5. The fourth-order valence-electron chi connectivity index (χ4n) is 3.71. The minimum atomic E-state index is -0.596. The van der Waals surface area contributed by atoms with E-state index in [-0.39, 0.29) is 30.7 Å². The van der Waals surface area contributed by atoms with Gasteiger partial charge in [0.2, 0.25) is 5.91 Å². The number of hydrogen-bond acceptors (Lipinski definition) is 5. The number of nitrogens with one attached hydrogen (secondary N) is 1. The molecule has 2 aromatic carbocycles. The lowest BCUT2D eigenvalue weighted by Crippen LogP contribution is -2.45. The molecule has 162 valence electrons. The van der Waals surface area contributed by atoms with Crippen molar-refractivity contribution in [2.24, 2.45) is 0 Å². The van der Waals surface area contributed by atoms with Crippen LogP contribution in [-0.4, -0.2) is 61.6 Å². The van der Waals surface area contributed by atoms with Crippen LogP contribution in [0.15, 0.2) is 48.5 Å². The van der Waals surface area contributed by atoms with E-state index in [9.17, 15) is 14.4 Å². The number of amides is 3. The summed E-state index contributed by atoms with van der Waals surface area (Å²) in [4.78, 5) is 41.1. The van der Waals surface area contributed by atoms with Crippen LogP contribution in [-0.2, 0) is 14.3 Å². The summed E-state index contributed by atoms with van der Waals surface area (Å²) in [6.45, 7) is 4.12. The molecule has 3 amide bonds. The van der Waals surface area contributed by atoms with E-state index in [0.29, 0.717) is 49.0 Å². The summed E-state index contributed by atoms with van der Waals surface area (Å²) in [6, 6.07) is 14.2. The first kappa shape index (κ1) is 20.9. The van der Waals surface area contributed by atoms with Crippen LogP contribution < -0.4 is 15.0 Å². The van der Waals surface area contributed by atoms with E-state index < -0.39 is 6.10 Å². The van der Waals surface area contributed by atoms with Crippen molar-refractivity contribution in [1.82, 2.24) is 4.90 Å². The number of ether oxygens (including phenoxy) is 2. The molecule has 0 bridgehead atoms. The monoisotopic (exact) mass is 423 g/mol. The van der Waals surface area contributed by atoms with Gasteiger partial charge in [-0.25, -0.2) is 0 Å². The minimum absolute atomic E-state index is 0.0797. The van der Waals surface area contributed by atoms with Crippen molar-refractivity contribution in [2.45, 2.75) is 19.4 Å². The summed E-state index contributed by atoms with van der Waals surface area (Å²) < 4.78 is 10.9. The number of anilines is 2. The molecule has 1 saturated heterocycles. The van der Waals surface area contributed by atoms with Gasteiger partial charge in [-0.2, -0.15) is 0 Å². The Bertz CT molecular complexity index is 987. The van der Waals surface area contributed by atoms with Gasteiger partial charge in [0.15, 0.2) is 6.10 Å². The van der Waals surface area contributed by atoms with Gasteiger partial charge in [-0.05, 0) is 37.3 Å². The highest BCUT2D eigenvalue weighted by molar-refractivity contribution is 6.01. The molecule has 0 saturated carbocycles. The van der Waals surface area contributed by atoms with E-state index in [1.54, 1.807) is 47.1 Å². The predicted octanol–water partition coefficient (Wildman–Crippen LogP) is 2.30. The van der Waals surface area contributed by atoms with E-state index in [1.165, 1.54) is 0 Å². The summed E-state index contributed by atoms with van der Waals surface area (Å²) in [5.41, 5.74) is 1.73. The molecule has 4 rings (SSSR count). The zero-order valence-corrected chi connectivity index (χ0v) is 17.4. The molecule has 31 heavy (non-hydrogen) atoms. The maximum Gasteiger partial charge on any atom is 0.267 e. The number of carbonyl (C=O) groups excluding carboxylic acids is 3. The van der Waals surface area contributed by atoms with Crippen molar-refractivity contribution < 1.29 is 23.9 Å². The zero-order valence-electron chi connectivity index (χ0n) is 17.4. The maximum absolute atomic E-state index is 12.7. The average molecular weight is 423 g/mol. The van der Waals surface area contributed by atoms with Crippen LogP contribution in [0.5, 0.6) is 5.75 Å². The normalized spacial score (nSPS) is 18.2. The van der Waals surface area contributed by atoms with Crippen molar-refractivity contribution in [3.63, 3.8) is 0 Å². The second-order valence-corrected chi connectivity index (χ2v) is 7.50. The SMILES string of the molecule is CC1Oc2ccccc2N(CCC(=O)Nc2cccc(C(=O)N3CCOCC3)c2)C1=O. The molecule has 2 heterocycles. The minimum Gasteiger partial charge on any atom is -0.479 e. The highest BCUT2D eigenvalue weighted by Gasteiger charge is 2.31. The zero-order chi connectivity index (χ0) is 21.8. The standard InChI is InChI=1S/C23H25N3O5/c1-16-22(28)26(19-7-2-3-8-20(19)31-16)10-9-21(27)24-18-6-4-5-17(15-18)23(29)25-11-13-30-14-12-25/h2-8,15-16H,9-14H2,1H3,(H,24,27). The van der Waals surface area contributed by atoms with Gasteiger partial charge in [0.1, 0.15) is 5.75 Å². The van der Waals surface area contributed by atoms with E-state index in [2.05, 4.69) is 5.32 Å². The van der Waals surface area contributed by atoms with Crippen molar-refractivity contribution in [1.29, 1.82) is 0 Å². The van der Waals surface area contributed by atoms with Gasteiger partial charge in [0.25, 0.3) is 11.8 Å². The number of fused-ring (bicyclic) bond motifs is 1. The van der Waals surface area contributed by atoms with Crippen molar-refractivity contribution in [3.05, 3.63) is 54.1 Å². The second kappa shape index (κ2) is 9.18. The Hall–Kier alpha value is -3.39. The van der Waals surface area contributed by atoms with E-state index in [0.717, 1.165) is 0 Å². The highest BCUT2D eigenvalue weighted by atomic mass is 16.5. The molecule has 1 N–H and O–H groups in total. The molecule has 0 aliphatic carbocycles. The number of para-hydroxylation sites is 2. The lowest BCUT2D eigenvalue weighted by atomic mass is 10.1. The Morgan fingerprint density at radius 1 is 1.10 bits per heavy atom. The van der Waals surface area contributed by atoms with E-state index >= 15 is 0 Å². The first-order valence-corrected chi connectivity index (χ1v) is 10.4. The van der Waals surface area contributed by atoms with E-state index in [1.807, 2.05) is 18.2 Å². The van der Waals surface area contributed by atoms with Gasteiger partial charge in [-0.1, -0.05) is 18.2 Å². The lowest BCUT2D eigenvalue weighted by Gasteiger charge is -2.32. The van der Waals surface area contributed by atoms with Gasteiger partial charge < -0.3 is 24.6 Å². The van der Waals surface area contributed by atoms with Crippen LogP contribution in [0.1, 0.15) is 23.7 Å². The maximum atomic E-state index is 12.7. The van der Waals surface area contributed by atoms with Gasteiger partial charge >= 0.3 is 0 Å². The largest absolute Gasteiger partial charge is 0.479 e. The second-order valence-electron chi connectivity index (χ2n) is 7.50. The lowest BCUT2D eigenvalue weighted by molar-refractivity contribution is -0.125. The Morgan fingerprint density at radius 2 is 1.87 bits per heavy atom. The molecule has 2 aromatic rings. The molecular weight excluding hydrogens is 398 g/mol. The molecule has 1 fully saturated rings. The van der Waals surface area contributed by atoms with Crippen molar-refractivity contribution >= 4 is 29.1 Å². The van der Waals surface area contributed by atoms with Gasteiger partial charge in [-0.15, -0.1) is 0 Å². The van der Waals surface area contributed by atoms with Gasteiger partial charge in [0.05, 0.1) is 18.9 Å². The van der Waals surface area contributed by atoms with Crippen LogP contribution in [0.25, 0.3) is 0 Å². The molecule has 8 heteroatoms. The molecule has 1 unspecified atom stereocenters. The van der Waals surface area contributed by atoms with Gasteiger partial charge in [0, 0.05) is 37.3 Å². The average Bonchev–Trinajstić information content (AvgIpc) is 2.79. The number of nitrogens with zero attached hydrogens (tertiary/aromatic N) is 2. The van der Waals surface area contributed by atoms with Crippen LogP contribution in [0.4, 0.5) is 11.4 Å². The number of morpholine rings is 1. The van der Waals surface area contributed by atoms with Crippen LogP contribution in [0.2, 0.25) is 0 Å². The summed E-state index contributed by atoms with van der Waals surface area (Å²) in [6.07, 6.45) is -0.477. The molecule has 2 aliphatic heterocycles.